The highest BCUT2D eigenvalue weighted by Gasteiger charge is 2.27. The van der Waals surface area contributed by atoms with Crippen molar-refractivity contribution in [1.29, 1.82) is 0 Å². The van der Waals surface area contributed by atoms with Gasteiger partial charge in [-0.25, -0.2) is 9.13 Å². The van der Waals surface area contributed by atoms with Crippen LogP contribution in [0, 0.1) is 0 Å². The summed E-state index contributed by atoms with van der Waals surface area (Å²) in [6.07, 6.45) is 2.20. The number of imidazole rings is 1. The van der Waals surface area contributed by atoms with Gasteiger partial charge in [-0.05, 0) is 83.9 Å². The SMILES string of the molecule is COc1ccc(Cn2c[n+](Cc3ccc(OC)cc3)c(-c3ccc(OC)cc3)c2-c2ccc(OC)cc2)cc1. The smallest absolute Gasteiger partial charge is 0.245 e. The molecule has 0 N–H and O–H groups in total. The van der Waals surface area contributed by atoms with Gasteiger partial charge in [0.2, 0.25) is 6.33 Å². The van der Waals surface area contributed by atoms with Crippen LogP contribution in [0.3, 0.4) is 0 Å². The van der Waals surface area contributed by atoms with Crippen molar-refractivity contribution < 1.29 is 23.5 Å². The largest absolute Gasteiger partial charge is 0.497 e. The van der Waals surface area contributed by atoms with Gasteiger partial charge in [0.15, 0.2) is 11.4 Å². The van der Waals surface area contributed by atoms with Crippen molar-refractivity contribution in [3.63, 3.8) is 0 Å². The molecule has 0 atom stereocenters. The van der Waals surface area contributed by atoms with E-state index in [1.54, 1.807) is 28.4 Å². The molecule has 0 aliphatic heterocycles. The molecular formula is C33H33N2O4+. The van der Waals surface area contributed by atoms with Gasteiger partial charge < -0.3 is 18.9 Å². The summed E-state index contributed by atoms with van der Waals surface area (Å²) in [5.74, 6) is 3.33. The fraction of sp³-hybridized carbons (Fsp3) is 0.182. The van der Waals surface area contributed by atoms with Gasteiger partial charge in [-0.3, -0.25) is 0 Å². The zero-order chi connectivity index (χ0) is 27.2. The highest BCUT2D eigenvalue weighted by Crippen LogP contribution is 2.33. The average Bonchev–Trinajstić information content (AvgIpc) is 3.35. The molecule has 0 bridgehead atoms. The maximum absolute atomic E-state index is 5.45. The zero-order valence-corrected chi connectivity index (χ0v) is 22.8. The van der Waals surface area contributed by atoms with Crippen LogP contribution in [-0.2, 0) is 13.1 Å². The summed E-state index contributed by atoms with van der Waals surface area (Å²) < 4.78 is 26.3. The molecular weight excluding hydrogens is 488 g/mol. The maximum atomic E-state index is 5.45. The number of rotatable bonds is 10. The predicted octanol–water partition coefficient (Wildman–Crippen LogP) is 6.24. The minimum absolute atomic E-state index is 0.699. The Bertz CT molecular complexity index is 1390. The van der Waals surface area contributed by atoms with E-state index in [0.29, 0.717) is 13.1 Å². The van der Waals surface area contributed by atoms with Crippen molar-refractivity contribution in [2.45, 2.75) is 13.1 Å². The second-order valence-electron chi connectivity index (χ2n) is 9.22. The first kappa shape index (κ1) is 25.9. The van der Waals surface area contributed by atoms with Gasteiger partial charge in [-0.15, -0.1) is 0 Å². The Labute approximate surface area is 229 Å². The molecule has 0 saturated heterocycles. The first-order valence-electron chi connectivity index (χ1n) is 12.8. The average molecular weight is 522 g/mol. The van der Waals surface area contributed by atoms with E-state index in [1.165, 1.54) is 11.1 Å². The first-order chi connectivity index (χ1) is 19.1. The molecule has 0 unspecified atom stereocenters. The number of methoxy groups -OCH3 is 4. The Hall–Kier alpha value is -4.71. The summed E-state index contributed by atoms with van der Waals surface area (Å²) >= 11 is 0. The summed E-state index contributed by atoms with van der Waals surface area (Å²) in [5, 5.41) is 0. The monoisotopic (exact) mass is 521 g/mol. The molecule has 198 valence electrons. The lowest BCUT2D eigenvalue weighted by molar-refractivity contribution is -0.677. The second kappa shape index (κ2) is 11.8. The lowest BCUT2D eigenvalue weighted by Gasteiger charge is -2.09. The van der Waals surface area contributed by atoms with E-state index in [4.69, 9.17) is 18.9 Å². The molecule has 1 aromatic heterocycles. The fourth-order valence-corrected chi connectivity index (χ4v) is 4.75. The summed E-state index contributed by atoms with van der Waals surface area (Å²) in [5.41, 5.74) is 6.79. The zero-order valence-electron chi connectivity index (χ0n) is 22.8. The Balaban J connectivity index is 1.68. The predicted molar refractivity (Wildman–Crippen MR) is 153 cm³/mol. The van der Waals surface area contributed by atoms with Crippen LogP contribution in [0.25, 0.3) is 22.5 Å². The van der Waals surface area contributed by atoms with Gasteiger partial charge >= 0.3 is 0 Å². The number of hydrogen-bond donors (Lipinski definition) is 0. The van der Waals surface area contributed by atoms with E-state index in [-0.39, 0.29) is 0 Å². The van der Waals surface area contributed by atoms with Gasteiger partial charge in [0.05, 0.1) is 28.4 Å². The van der Waals surface area contributed by atoms with Crippen molar-refractivity contribution in [2.24, 2.45) is 0 Å². The van der Waals surface area contributed by atoms with Gasteiger partial charge in [-0.2, -0.15) is 0 Å². The lowest BCUT2D eigenvalue weighted by Crippen LogP contribution is -2.34. The maximum Gasteiger partial charge on any atom is 0.245 e. The number of aromatic nitrogens is 2. The standard InChI is InChI=1S/C33H33N2O4/c1-36-28-13-5-24(6-14-28)21-34-23-35(22-25-7-15-29(37-2)16-8-25)33(27-11-19-31(39-4)20-12-27)32(34)26-9-17-30(38-3)18-10-26/h5-20,23H,21-22H2,1-4H3/q+1. The third kappa shape index (κ3) is 5.75. The number of nitrogens with zero attached hydrogens (tertiary/aromatic N) is 2. The molecule has 5 rings (SSSR count). The molecule has 39 heavy (non-hydrogen) atoms. The van der Waals surface area contributed by atoms with Crippen molar-refractivity contribution in [1.82, 2.24) is 4.57 Å². The molecule has 0 saturated carbocycles. The van der Waals surface area contributed by atoms with Crippen LogP contribution in [0.5, 0.6) is 23.0 Å². The van der Waals surface area contributed by atoms with Crippen LogP contribution < -0.4 is 23.5 Å². The summed E-state index contributed by atoms with van der Waals surface area (Å²) in [7, 11) is 6.75. The Kier molecular flexibility index (Phi) is 7.83. The summed E-state index contributed by atoms with van der Waals surface area (Å²) in [6, 6.07) is 32.9. The van der Waals surface area contributed by atoms with Crippen LogP contribution in [0.15, 0.2) is 103 Å². The molecule has 6 heteroatoms. The molecule has 4 aromatic carbocycles. The third-order valence-electron chi connectivity index (χ3n) is 6.83. The van der Waals surface area contributed by atoms with Crippen LogP contribution in [0.4, 0.5) is 0 Å². The molecule has 0 radical (unpaired) electrons. The van der Waals surface area contributed by atoms with E-state index in [1.807, 2.05) is 48.5 Å². The number of ether oxygens (including phenoxy) is 4. The van der Waals surface area contributed by atoms with E-state index < -0.39 is 0 Å². The lowest BCUT2D eigenvalue weighted by atomic mass is 10.0. The molecule has 5 aromatic rings. The van der Waals surface area contributed by atoms with E-state index in [9.17, 15) is 0 Å². The highest BCUT2D eigenvalue weighted by atomic mass is 16.5. The number of benzene rings is 4. The Morgan fingerprint density at radius 2 is 0.923 bits per heavy atom. The van der Waals surface area contributed by atoms with E-state index in [2.05, 4.69) is 64.0 Å². The highest BCUT2D eigenvalue weighted by molar-refractivity contribution is 5.77. The third-order valence-corrected chi connectivity index (χ3v) is 6.83. The fourth-order valence-electron chi connectivity index (χ4n) is 4.75. The quantitative estimate of drug-likeness (QED) is 0.204. The molecule has 0 fully saturated rings. The Morgan fingerprint density at radius 3 is 1.38 bits per heavy atom. The molecule has 0 aliphatic carbocycles. The Morgan fingerprint density at radius 1 is 0.513 bits per heavy atom. The van der Waals surface area contributed by atoms with Gasteiger partial charge in [-0.1, -0.05) is 24.3 Å². The molecule has 0 spiro atoms. The van der Waals surface area contributed by atoms with E-state index >= 15 is 0 Å². The van der Waals surface area contributed by atoms with Gasteiger partial charge in [0.1, 0.15) is 36.1 Å². The van der Waals surface area contributed by atoms with Crippen LogP contribution in [0.1, 0.15) is 11.1 Å². The topological polar surface area (TPSA) is 45.7 Å². The van der Waals surface area contributed by atoms with Crippen LogP contribution >= 0.6 is 0 Å². The number of hydrogen-bond acceptors (Lipinski definition) is 4. The minimum atomic E-state index is 0.699. The first-order valence-corrected chi connectivity index (χ1v) is 12.8. The van der Waals surface area contributed by atoms with Crippen LogP contribution in [-0.4, -0.2) is 33.0 Å². The molecule has 6 nitrogen and oxygen atoms in total. The molecule has 0 amide bonds. The minimum Gasteiger partial charge on any atom is -0.497 e. The van der Waals surface area contributed by atoms with Crippen molar-refractivity contribution in [3.05, 3.63) is 115 Å². The summed E-state index contributed by atoms with van der Waals surface area (Å²) in [4.78, 5) is 0. The van der Waals surface area contributed by atoms with Gasteiger partial charge in [0, 0.05) is 11.1 Å². The molecule has 0 aliphatic rings. The van der Waals surface area contributed by atoms with Crippen LogP contribution in [0.2, 0.25) is 0 Å². The van der Waals surface area contributed by atoms with Crippen molar-refractivity contribution in [2.75, 3.05) is 28.4 Å². The second-order valence-corrected chi connectivity index (χ2v) is 9.22. The normalized spacial score (nSPS) is 10.8. The van der Waals surface area contributed by atoms with Crippen molar-refractivity contribution >= 4 is 0 Å². The molecule has 1 heterocycles. The van der Waals surface area contributed by atoms with Gasteiger partial charge in [0.25, 0.3) is 0 Å². The summed E-state index contributed by atoms with van der Waals surface area (Å²) in [6.45, 7) is 1.40. The van der Waals surface area contributed by atoms with Crippen molar-refractivity contribution in [3.8, 4) is 45.5 Å². The van der Waals surface area contributed by atoms with E-state index in [0.717, 1.165) is 45.5 Å².